The lowest BCUT2D eigenvalue weighted by Crippen LogP contribution is -2.23. The standard InChI is InChI=1S/C20H22N2O3/c1-4-25-17-9-6-16(7-10-17)22(2)13-15-11-14-5-8-18(24-3)12-19(14)21-20(15)23/h5-12H,4,13H2,1-3H3,(H,21,23). The van der Waals surface area contributed by atoms with Crippen molar-refractivity contribution in [2.45, 2.75) is 13.5 Å². The van der Waals surface area contributed by atoms with Crippen molar-refractivity contribution < 1.29 is 9.47 Å². The molecule has 0 aliphatic carbocycles. The predicted octanol–water partition coefficient (Wildman–Crippen LogP) is 3.57. The van der Waals surface area contributed by atoms with Crippen molar-refractivity contribution in [3.8, 4) is 11.5 Å². The Morgan fingerprint density at radius 1 is 1.04 bits per heavy atom. The number of nitrogens with one attached hydrogen (secondary N) is 1. The number of aromatic amines is 1. The lowest BCUT2D eigenvalue weighted by atomic mass is 10.1. The number of nitrogens with zero attached hydrogens (tertiary/aromatic N) is 1. The number of hydrogen-bond acceptors (Lipinski definition) is 4. The van der Waals surface area contributed by atoms with Crippen LogP contribution in [-0.4, -0.2) is 25.7 Å². The number of aromatic nitrogens is 1. The lowest BCUT2D eigenvalue weighted by molar-refractivity contribution is 0.340. The first-order valence-electron chi connectivity index (χ1n) is 8.24. The summed E-state index contributed by atoms with van der Waals surface area (Å²) in [6, 6.07) is 15.5. The maximum absolute atomic E-state index is 12.4. The van der Waals surface area contributed by atoms with Gasteiger partial charge in [0.15, 0.2) is 0 Å². The van der Waals surface area contributed by atoms with Crippen molar-refractivity contribution in [1.82, 2.24) is 4.98 Å². The lowest BCUT2D eigenvalue weighted by Gasteiger charge is -2.19. The minimum atomic E-state index is -0.0847. The van der Waals surface area contributed by atoms with Gasteiger partial charge in [-0.2, -0.15) is 0 Å². The second-order valence-electron chi connectivity index (χ2n) is 5.86. The topological polar surface area (TPSA) is 54.6 Å². The SMILES string of the molecule is CCOc1ccc(N(C)Cc2cc3ccc(OC)cc3[nH]c2=O)cc1. The van der Waals surface area contributed by atoms with Gasteiger partial charge in [-0.1, -0.05) is 0 Å². The fourth-order valence-corrected chi connectivity index (χ4v) is 2.78. The highest BCUT2D eigenvalue weighted by Gasteiger charge is 2.08. The van der Waals surface area contributed by atoms with Gasteiger partial charge >= 0.3 is 0 Å². The molecular formula is C20H22N2O3. The molecule has 1 heterocycles. The molecule has 0 aliphatic rings. The maximum Gasteiger partial charge on any atom is 0.253 e. The second kappa shape index (κ2) is 7.30. The van der Waals surface area contributed by atoms with Crippen LogP contribution in [0.3, 0.4) is 0 Å². The number of ether oxygens (including phenoxy) is 2. The van der Waals surface area contributed by atoms with Gasteiger partial charge in [-0.15, -0.1) is 0 Å². The molecule has 0 spiro atoms. The summed E-state index contributed by atoms with van der Waals surface area (Å²) in [5.41, 5.74) is 2.43. The normalized spacial score (nSPS) is 10.7. The molecule has 1 aromatic heterocycles. The second-order valence-corrected chi connectivity index (χ2v) is 5.86. The molecule has 2 aromatic carbocycles. The largest absolute Gasteiger partial charge is 0.497 e. The molecule has 130 valence electrons. The van der Waals surface area contributed by atoms with Gasteiger partial charge in [0, 0.05) is 30.9 Å². The Morgan fingerprint density at radius 3 is 2.44 bits per heavy atom. The van der Waals surface area contributed by atoms with Crippen LogP contribution < -0.4 is 19.9 Å². The van der Waals surface area contributed by atoms with Crippen molar-refractivity contribution in [2.75, 3.05) is 25.7 Å². The average Bonchev–Trinajstić information content (AvgIpc) is 2.62. The fraction of sp³-hybridized carbons (Fsp3) is 0.250. The number of hydrogen-bond donors (Lipinski definition) is 1. The molecule has 0 saturated heterocycles. The van der Waals surface area contributed by atoms with E-state index in [1.165, 1.54) is 0 Å². The summed E-state index contributed by atoms with van der Waals surface area (Å²) < 4.78 is 10.7. The van der Waals surface area contributed by atoms with E-state index in [2.05, 4.69) is 4.98 Å². The smallest absolute Gasteiger partial charge is 0.253 e. The third-order valence-electron chi connectivity index (χ3n) is 4.13. The fourth-order valence-electron chi connectivity index (χ4n) is 2.78. The molecule has 0 unspecified atom stereocenters. The summed E-state index contributed by atoms with van der Waals surface area (Å²) in [6.45, 7) is 3.12. The molecule has 0 amide bonds. The van der Waals surface area contributed by atoms with Crippen LogP contribution in [0, 0.1) is 0 Å². The van der Waals surface area contributed by atoms with Gasteiger partial charge in [0.2, 0.25) is 0 Å². The van der Waals surface area contributed by atoms with Crippen LogP contribution >= 0.6 is 0 Å². The summed E-state index contributed by atoms with van der Waals surface area (Å²) in [5, 5.41) is 0.982. The average molecular weight is 338 g/mol. The van der Waals surface area contributed by atoms with E-state index in [9.17, 15) is 4.79 Å². The van der Waals surface area contributed by atoms with Crippen LogP contribution in [0.15, 0.2) is 53.3 Å². The first-order chi connectivity index (χ1) is 12.1. The molecule has 3 aromatic rings. The van der Waals surface area contributed by atoms with Crippen molar-refractivity contribution in [3.63, 3.8) is 0 Å². The Bertz CT molecular complexity index is 916. The molecule has 0 aliphatic heterocycles. The number of fused-ring (bicyclic) bond motifs is 1. The van der Waals surface area contributed by atoms with E-state index < -0.39 is 0 Å². The number of H-pyrrole nitrogens is 1. The zero-order valence-electron chi connectivity index (χ0n) is 14.7. The zero-order valence-corrected chi connectivity index (χ0v) is 14.7. The van der Waals surface area contributed by atoms with E-state index in [1.54, 1.807) is 7.11 Å². The van der Waals surface area contributed by atoms with Crippen LogP contribution in [0.5, 0.6) is 11.5 Å². The minimum absolute atomic E-state index is 0.0847. The van der Waals surface area contributed by atoms with E-state index >= 15 is 0 Å². The highest BCUT2D eigenvalue weighted by atomic mass is 16.5. The predicted molar refractivity (Wildman–Crippen MR) is 101 cm³/mol. The summed E-state index contributed by atoms with van der Waals surface area (Å²) >= 11 is 0. The third kappa shape index (κ3) is 3.76. The van der Waals surface area contributed by atoms with E-state index in [0.717, 1.165) is 28.1 Å². The number of anilines is 1. The summed E-state index contributed by atoms with van der Waals surface area (Å²) in [6.07, 6.45) is 0. The molecule has 1 N–H and O–H groups in total. The molecule has 0 radical (unpaired) electrons. The van der Waals surface area contributed by atoms with Crippen LogP contribution in [-0.2, 0) is 6.54 Å². The third-order valence-corrected chi connectivity index (χ3v) is 4.13. The van der Waals surface area contributed by atoms with E-state index in [1.807, 2.05) is 67.4 Å². The Labute approximate surface area is 146 Å². The number of rotatable bonds is 6. The van der Waals surface area contributed by atoms with Crippen molar-refractivity contribution in [2.24, 2.45) is 0 Å². The summed E-state index contributed by atoms with van der Waals surface area (Å²) in [7, 11) is 3.58. The molecule has 25 heavy (non-hydrogen) atoms. The number of benzene rings is 2. The molecule has 3 rings (SSSR count). The van der Waals surface area contributed by atoms with E-state index in [-0.39, 0.29) is 5.56 Å². The van der Waals surface area contributed by atoms with Crippen molar-refractivity contribution in [1.29, 1.82) is 0 Å². The van der Waals surface area contributed by atoms with Crippen molar-refractivity contribution in [3.05, 3.63) is 64.4 Å². The van der Waals surface area contributed by atoms with Crippen LogP contribution in [0.1, 0.15) is 12.5 Å². The summed E-state index contributed by atoms with van der Waals surface area (Å²) in [4.78, 5) is 17.4. The van der Waals surface area contributed by atoms with Crippen LogP contribution in [0.4, 0.5) is 5.69 Å². The zero-order chi connectivity index (χ0) is 17.8. The maximum atomic E-state index is 12.4. The molecule has 5 nitrogen and oxygen atoms in total. The minimum Gasteiger partial charge on any atom is -0.497 e. The van der Waals surface area contributed by atoms with E-state index in [4.69, 9.17) is 9.47 Å². The molecule has 0 fully saturated rings. The number of methoxy groups -OCH3 is 1. The quantitative estimate of drug-likeness (QED) is 0.746. The number of pyridine rings is 1. The van der Waals surface area contributed by atoms with Gasteiger partial charge in [-0.05, 0) is 54.8 Å². The van der Waals surface area contributed by atoms with Gasteiger partial charge in [-0.25, -0.2) is 0 Å². The molecular weight excluding hydrogens is 316 g/mol. The van der Waals surface area contributed by atoms with Gasteiger partial charge in [0.1, 0.15) is 11.5 Å². The van der Waals surface area contributed by atoms with Gasteiger partial charge < -0.3 is 19.4 Å². The highest BCUT2D eigenvalue weighted by molar-refractivity contribution is 5.80. The highest BCUT2D eigenvalue weighted by Crippen LogP contribution is 2.21. The van der Waals surface area contributed by atoms with Gasteiger partial charge in [0.25, 0.3) is 5.56 Å². The molecule has 5 heteroatoms. The molecule has 0 atom stereocenters. The first kappa shape index (κ1) is 16.9. The Balaban J connectivity index is 1.84. The molecule has 0 saturated carbocycles. The Kier molecular flexibility index (Phi) is 4.93. The van der Waals surface area contributed by atoms with Crippen LogP contribution in [0.25, 0.3) is 10.9 Å². The van der Waals surface area contributed by atoms with Crippen LogP contribution in [0.2, 0.25) is 0 Å². The monoisotopic (exact) mass is 338 g/mol. The first-order valence-corrected chi connectivity index (χ1v) is 8.24. The van der Waals surface area contributed by atoms with E-state index in [0.29, 0.717) is 18.7 Å². The Hall–Kier alpha value is -2.95. The van der Waals surface area contributed by atoms with Gasteiger partial charge in [0.05, 0.1) is 19.2 Å². The summed E-state index contributed by atoms with van der Waals surface area (Å²) in [5.74, 6) is 1.57. The van der Waals surface area contributed by atoms with Crippen molar-refractivity contribution >= 4 is 16.6 Å². The van der Waals surface area contributed by atoms with Gasteiger partial charge in [-0.3, -0.25) is 4.79 Å². The molecule has 0 bridgehead atoms. The Morgan fingerprint density at radius 2 is 1.76 bits per heavy atom.